The minimum atomic E-state index is -0.467. The van der Waals surface area contributed by atoms with Gasteiger partial charge in [0.1, 0.15) is 5.82 Å². The first kappa shape index (κ1) is 25.6. The Hall–Kier alpha value is -2.04. The first-order chi connectivity index (χ1) is 15.8. The molecule has 10 heteroatoms. The van der Waals surface area contributed by atoms with Crippen molar-refractivity contribution in [1.82, 2.24) is 9.66 Å². The van der Waals surface area contributed by atoms with Gasteiger partial charge in [-0.25, -0.2) is 4.98 Å². The highest BCUT2D eigenvalue weighted by atomic mass is 79.9. The summed E-state index contributed by atoms with van der Waals surface area (Å²) in [5.74, 6) is 0.768. The number of halogens is 3. The lowest BCUT2D eigenvalue weighted by Crippen LogP contribution is -2.22. The van der Waals surface area contributed by atoms with E-state index in [0.29, 0.717) is 50.0 Å². The van der Waals surface area contributed by atoms with Crippen molar-refractivity contribution < 1.29 is 14.3 Å². The van der Waals surface area contributed by atoms with E-state index < -0.39 is 5.97 Å². The number of fused-ring (bicyclic) bond motifs is 1. The second kappa shape index (κ2) is 11.4. The molecule has 3 rings (SSSR count). The van der Waals surface area contributed by atoms with Crippen molar-refractivity contribution >= 4 is 70.9 Å². The normalized spacial score (nSPS) is 11.3. The molecule has 33 heavy (non-hydrogen) atoms. The van der Waals surface area contributed by atoms with Gasteiger partial charge in [0, 0.05) is 27.9 Å². The molecule has 0 aliphatic heterocycles. The van der Waals surface area contributed by atoms with Crippen LogP contribution in [0.25, 0.3) is 10.9 Å². The van der Waals surface area contributed by atoms with Gasteiger partial charge >= 0.3 is 5.97 Å². The summed E-state index contributed by atoms with van der Waals surface area (Å²) < 4.78 is 14.2. The zero-order valence-electron chi connectivity index (χ0n) is 18.3. The van der Waals surface area contributed by atoms with Gasteiger partial charge in [-0.15, -0.1) is 0 Å². The zero-order valence-corrected chi connectivity index (χ0v) is 23.1. The van der Waals surface area contributed by atoms with Gasteiger partial charge in [0.15, 0.2) is 11.5 Å². The molecule has 0 saturated heterocycles. The molecule has 0 radical (unpaired) electrons. The number of carbonyl (C=O) groups excluding carboxylic acids is 1. The van der Waals surface area contributed by atoms with Gasteiger partial charge in [-0.3, -0.25) is 9.59 Å². The summed E-state index contributed by atoms with van der Waals surface area (Å²) in [6.07, 6.45) is 4.02. The van der Waals surface area contributed by atoms with Crippen LogP contribution in [-0.4, -0.2) is 28.5 Å². The molecule has 7 nitrogen and oxygen atoms in total. The number of nitrogens with zero attached hydrogens (tertiary/aromatic N) is 3. The van der Waals surface area contributed by atoms with Crippen LogP contribution >= 0.6 is 47.8 Å². The van der Waals surface area contributed by atoms with Crippen molar-refractivity contribution in [2.45, 2.75) is 40.0 Å². The Morgan fingerprint density at radius 2 is 1.94 bits per heavy atom. The Morgan fingerprint density at radius 3 is 2.61 bits per heavy atom. The Kier molecular flexibility index (Phi) is 8.83. The second-order valence-corrected chi connectivity index (χ2v) is 9.60. The largest absolute Gasteiger partial charge is 0.490 e. The third-order valence-corrected chi connectivity index (χ3v) is 7.28. The summed E-state index contributed by atoms with van der Waals surface area (Å²) in [6, 6.07) is 7.12. The molecule has 1 aromatic heterocycles. The maximum absolute atomic E-state index is 13.3. The third kappa shape index (κ3) is 5.91. The molecule has 3 aromatic rings. The van der Waals surface area contributed by atoms with E-state index in [-0.39, 0.29) is 11.3 Å². The van der Waals surface area contributed by atoms with Crippen LogP contribution in [0, 0.1) is 0 Å². The average molecular weight is 644 g/mol. The van der Waals surface area contributed by atoms with Gasteiger partial charge in [-0.1, -0.05) is 29.3 Å². The Bertz CT molecular complexity index is 1290. The van der Waals surface area contributed by atoms with Crippen LogP contribution in [0.4, 0.5) is 0 Å². The maximum Gasteiger partial charge on any atom is 0.308 e. The van der Waals surface area contributed by atoms with Crippen molar-refractivity contribution in [2.24, 2.45) is 5.10 Å². The van der Waals surface area contributed by atoms with Crippen molar-refractivity contribution in [2.75, 3.05) is 6.61 Å². The first-order valence-electron chi connectivity index (χ1n) is 10.4. The summed E-state index contributed by atoms with van der Waals surface area (Å²) in [5.41, 5.74) is 1.01. The summed E-state index contributed by atoms with van der Waals surface area (Å²) in [6.45, 7) is 5.61. The van der Waals surface area contributed by atoms with Gasteiger partial charge in [-0.05, 0) is 69.5 Å². The summed E-state index contributed by atoms with van der Waals surface area (Å²) >= 11 is 10.4. The topological polar surface area (TPSA) is 82.8 Å². The summed E-state index contributed by atoms with van der Waals surface area (Å²) in [4.78, 5) is 29.5. The Balaban J connectivity index is 2.15. The lowest BCUT2D eigenvalue weighted by Gasteiger charge is -2.14. The number of esters is 1. The smallest absolute Gasteiger partial charge is 0.308 e. The molecular formula is C23H22Br3N3O4. The van der Waals surface area contributed by atoms with Crippen LogP contribution in [-0.2, 0) is 11.2 Å². The number of ether oxygens (including phenoxy) is 2. The fourth-order valence-corrected chi connectivity index (χ4v) is 4.39. The van der Waals surface area contributed by atoms with Gasteiger partial charge < -0.3 is 9.47 Å². The van der Waals surface area contributed by atoms with Gasteiger partial charge in [0.25, 0.3) is 5.56 Å². The molecule has 0 amide bonds. The highest BCUT2D eigenvalue weighted by Crippen LogP contribution is 2.42. The van der Waals surface area contributed by atoms with E-state index in [1.807, 2.05) is 19.1 Å². The van der Waals surface area contributed by atoms with Crippen molar-refractivity contribution in [3.05, 3.63) is 59.4 Å². The Labute approximate surface area is 216 Å². The second-order valence-electron chi connectivity index (χ2n) is 7.10. The summed E-state index contributed by atoms with van der Waals surface area (Å²) in [7, 11) is 0. The molecule has 0 spiro atoms. The number of hydrogen-bond donors (Lipinski definition) is 0. The van der Waals surface area contributed by atoms with E-state index in [1.165, 1.54) is 11.6 Å². The molecule has 0 N–H and O–H groups in total. The molecule has 0 aliphatic rings. The van der Waals surface area contributed by atoms with Crippen molar-refractivity contribution in [3.63, 3.8) is 0 Å². The number of benzene rings is 2. The monoisotopic (exact) mass is 641 g/mol. The molecule has 174 valence electrons. The number of aromatic nitrogens is 2. The van der Waals surface area contributed by atoms with Gasteiger partial charge in [0.05, 0.1) is 28.2 Å². The van der Waals surface area contributed by atoms with Crippen molar-refractivity contribution in [1.29, 1.82) is 0 Å². The summed E-state index contributed by atoms with van der Waals surface area (Å²) in [5, 5.41) is 4.96. The standard InChI is InChI=1S/C23H22Br3N3O4/c1-4-6-7-19-28-17-9-8-15(24)11-16(17)23(31)29(19)27-12-14-10-18(32-5-2)22(33-13(3)30)21(26)20(14)25/h8-12H,4-7H2,1-3H3. The zero-order chi connectivity index (χ0) is 24.1. The first-order valence-corrected chi connectivity index (χ1v) is 12.7. The van der Waals surface area contributed by atoms with E-state index in [0.717, 1.165) is 17.3 Å². The number of rotatable bonds is 8. The molecule has 0 saturated carbocycles. The molecule has 0 aliphatic carbocycles. The third-order valence-electron chi connectivity index (χ3n) is 4.64. The Morgan fingerprint density at radius 1 is 1.18 bits per heavy atom. The van der Waals surface area contributed by atoms with Crippen molar-refractivity contribution in [3.8, 4) is 11.5 Å². The molecule has 1 heterocycles. The number of hydrogen-bond acceptors (Lipinski definition) is 6. The predicted octanol–water partition coefficient (Wildman–Crippen LogP) is 6.23. The average Bonchev–Trinajstić information content (AvgIpc) is 2.78. The van der Waals surface area contributed by atoms with Crippen LogP contribution in [0.1, 0.15) is 45.0 Å². The molecule has 0 unspecified atom stereocenters. The number of unbranched alkanes of at least 4 members (excludes halogenated alkanes) is 1. The van der Waals surface area contributed by atoms with Crippen LogP contribution < -0.4 is 15.0 Å². The molecule has 0 bridgehead atoms. The molecule has 2 aromatic carbocycles. The van der Waals surface area contributed by atoms with E-state index in [4.69, 9.17) is 9.47 Å². The van der Waals surface area contributed by atoms with E-state index >= 15 is 0 Å². The highest BCUT2D eigenvalue weighted by Gasteiger charge is 2.19. The number of aryl methyl sites for hydroxylation is 1. The fraction of sp³-hybridized carbons (Fsp3) is 0.304. The number of carbonyl (C=O) groups is 1. The molecular weight excluding hydrogens is 622 g/mol. The maximum atomic E-state index is 13.3. The van der Waals surface area contributed by atoms with Gasteiger partial charge in [0.2, 0.25) is 0 Å². The van der Waals surface area contributed by atoms with E-state index in [2.05, 4.69) is 64.8 Å². The van der Waals surface area contributed by atoms with E-state index in [1.54, 1.807) is 18.3 Å². The fourth-order valence-electron chi connectivity index (χ4n) is 3.13. The van der Waals surface area contributed by atoms with Crippen LogP contribution in [0.15, 0.2) is 47.6 Å². The molecule has 0 fully saturated rings. The lowest BCUT2D eigenvalue weighted by atomic mass is 10.2. The van der Waals surface area contributed by atoms with Crippen LogP contribution in [0.5, 0.6) is 11.5 Å². The minimum absolute atomic E-state index is 0.250. The quantitative estimate of drug-likeness (QED) is 0.165. The van der Waals surface area contributed by atoms with Crippen LogP contribution in [0.2, 0.25) is 0 Å². The SMILES string of the molecule is CCCCc1nc2ccc(Br)cc2c(=O)n1N=Cc1cc(OCC)c(OC(C)=O)c(Br)c1Br. The highest BCUT2D eigenvalue weighted by molar-refractivity contribution is 9.13. The van der Waals surface area contributed by atoms with E-state index in [9.17, 15) is 9.59 Å². The lowest BCUT2D eigenvalue weighted by molar-refractivity contribution is -0.132. The van der Waals surface area contributed by atoms with Crippen LogP contribution in [0.3, 0.4) is 0 Å². The van der Waals surface area contributed by atoms with Gasteiger partial charge in [-0.2, -0.15) is 9.78 Å². The molecule has 0 atom stereocenters. The predicted molar refractivity (Wildman–Crippen MR) is 140 cm³/mol. The minimum Gasteiger partial charge on any atom is -0.490 e.